The Morgan fingerprint density at radius 1 is 1.38 bits per heavy atom. The second-order valence-corrected chi connectivity index (χ2v) is 5.46. The van der Waals surface area contributed by atoms with Gasteiger partial charge in [-0.05, 0) is 31.5 Å². The van der Waals surface area contributed by atoms with Crippen molar-refractivity contribution in [3.05, 3.63) is 52.3 Å². The third-order valence-electron chi connectivity index (χ3n) is 3.23. The molecule has 6 heteroatoms. The van der Waals surface area contributed by atoms with Gasteiger partial charge in [0.2, 0.25) is 0 Å². The molecule has 2 aromatic rings. The number of nitrogens with one attached hydrogen (secondary N) is 2. The second kappa shape index (κ2) is 6.63. The van der Waals surface area contributed by atoms with Crippen molar-refractivity contribution in [3.8, 4) is 0 Å². The number of urea groups is 1. The maximum atomic E-state index is 11.9. The number of hydrogen-bond acceptors (Lipinski definition) is 2. The van der Waals surface area contributed by atoms with Gasteiger partial charge >= 0.3 is 6.03 Å². The summed E-state index contributed by atoms with van der Waals surface area (Å²) >= 11 is 5.82. The van der Waals surface area contributed by atoms with Crippen molar-refractivity contribution in [2.24, 2.45) is 7.05 Å². The smallest absolute Gasteiger partial charge is 0.315 e. The van der Waals surface area contributed by atoms with E-state index in [1.807, 2.05) is 39.2 Å². The topological polar surface area (TPSA) is 59.0 Å². The third-order valence-corrected chi connectivity index (χ3v) is 3.48. The van der Waals surface area contributed by atoms with E-state index in [4.69, 9.17) is 11.6 Å². The number of carbonyl (C=O) groups excluding carboxylic acids is 1. The SMILES string of the molecule is Cc1nn(C)cc1C(C)NC(=O)NCc1ccc(Cl)cc1. The first-order valence-electron chi connectivity index (χ1n) is 6.74. The van der Waals surface area contributed by atoms with Crippen molar-refractivity contribution in [2.75, 3.05) is 0 Å². The summed E-state index contributed by atoms with van der Waals surface area (Å²) in [4.78, 5) is 11.9. The molecule has 0 radical (unpaired) electrons. The van der Waals surface area contributed by atoms with Crippen molar-refractivity contribution in [1.29, 1.82) is 0 Å². The van der Waals surface area contributed by atoms with E-state index in [-0.39, 0.29) is 12.1 Å². The van der Waals surface area contributed by atoms with Gasteiger partial charge in [-0.3, -0.25) is 4.68 Å². The minimum Gasteiger partial charge on any atom is -0.334 e. The first-order valence-corrected chi connectivity index (χ1v) is 7.12. The fourth-order valence-corrected chi connectivity index (χ4v) is 2.28. The fourth-order valence-electron chi connectivity index (χ4n) is 2.15. The van der Waals surface area contributed by atoms with Gasteiger partial charge < -0.3 is 10.6 Å². The zero-order valence-corrected chi connectivity index (χ0v) is 13.1. The Morgan fingerprint density at radius 3 is 2.62 bits per heavy atom. The summed E-state index contributed by atoms with van der Waals surface area (Å²) in [5, 5.41) is 10.7. The average Bonchev–Trinajstić information content (AvgIpc) is 2.77. The van der Waals surface area contributed by atoms with E-state index in [2.05, 4.69) is 15.7 Å². The summed E-state index contributed by atoms with van der Waals surface area (Å²) in [7, 11) is 1.86. The quantitative estimate of drug-likeness (QED) is 0.912. The van der Waals surface area contributed by atoms with Gasteiger partial charge in [-0.2, -0.15) is 5.10 Å². The summed E-state index contributed by atoms with van der Waals surface area (Å²) < 4.78 is 1.74. The molecule has 0 saturated heterocycles. The van der Waals surface area contributed by atoms with E-state index in [0.717, 1.165) is 16.8 Å². The first-order chi connectivity index (χ1) is 9.95. The molecule has 2 rings (SSSR count). The van der Waals surface area contributed by atoms with Crippen LogP contribution in [-0.2, 0) is 13.6 Å². The molecule has 1 aromatic heterocycles. The van der Waals surface area contributed by atoms with Crippen LogP contribution in [0.25, 0.3) is 0 Å². The van der Waals surface area contributed by atoms with Gasteiger partial charge in [0.25, 0.3) is 0 Å². The molecule has 1 heterocycles. The molecule has 2 amide bonds. The summed E-state index contributed by atoms with van der Waals surface area (Å²) in [6, 6.07) is 7.08. The van der Waals surface area contributed by atoms with Crippen LogP contribution in [0.5, 0.6) is 0 Å². The van der Waals surface area contributed by atoms with Crippen molar-refractivity contribution in [2.45, 2.75) is 26.4 Å². The summed E-state index contributed by atoms with van der Waals surface area (Å²) in [6.07, 6.45) is 1.92. The molecule has 21 heavy (non-hydrogen) atoms. The van der Waals surface area contributed by atoms with Gasteiger partial charge in [-0.15, -0.1) is 0 Å². The lowest BCUT2D eigenvalue weighted by Gasteiger charge is -2.14. The molecule has 0 bridgehead atoms. The predicted molar refractivity (Wildman–Crippen MR) is 83.2 cm³/mol. The largest absolute Gasteiger partial charge is 0.334 e. The number of benzene rings is 1. The number of rotatable bonds is 4. The first kappa shape index (κ1) is 15.4. The van der Waals surface area contributed by atoms with Crippen molar-refractivity contribution in [3.63, 3.8) is 0 Å². The van der Waals surface area contributed by atoms with Crippen LogP contribution >= 0.6 is 11.6 Å². The summed E-state index contributed by atoms with van der Waals surface area (Å²) in [6.45, 7) is 4.33. The zero-order chi connectivity index (χ0) is 15.4. The van der Waals surface area contributed by atoms with Crippen molar-refractivity contribution >= 4 is 17.6 Å². The normalized spacial score (nSPS) is 12.0. The van der Waals surface area contributed by atoms with E-state index in [1.54, 1.807) is 16.8 Å². The molecule has 0 aliphatic rings. The number of aryl methyl sites for hydroxylation is 2. The molecular weight excluding hydrogens is 288 g/mol. The van der Waals surface area contributed by atoms with E-state index in [0.29, 0.717) is 11.6 Å². The zero-order valence-electron chi connectivity index (χ0n) is 12.4. The average molecular weight is 307 g/mol. The molecule has 0 fully saturated rings. The lowest BCUT2D eigenvalue weighted by Crippen LogP contribution is -2.36. The number of halogens is 1. The van der Waals surface area contributed by atoms with Crippen molar-refractivity contribution < 1.29 is 4.79 Å². The number of aromatic nitrogens is 2. The Kier molecular flexibility index (Phi) is 4.85. The van der Waals surface area contributed by atoms with Gasteiger partial charge in [0.05, 0.1) is 11.7 Å². The standard InChI is InChI=1S/C15H19ClN4O/c1-10(14-9-20(3)19-11(14)2)18-15(21)17-8-12-4-6-13(16)7-5-12/h4-7,9-10H,8H2,1-3H3,(H2,17,18,21). The molecule has 5 nitrogen and oxygen atoms in total. The van der Waals surface area contributed by atoms with Gasteiger partial charge in [0.15, 0.2) is 0 Å². The van der Waals surface area contributed by atoms with E-state index < -0.39 is 0 Å². The van der Waals surface area contributed by atoms with Crippen LogP contribution in [0.2, 0.25) is 5.02 Å². The second-order valence-electron chi connectivity index (χ2n) is 5.02. The molecule has 112 valence electrons. The van der Waals surface area contributed by atoms with Gasteiger partial charge in [0.1, 0.15) is 0 Å². The molecule has 0 aliphatic carbocycles. The highest BCUT2D eigenvalue weighted by Gasteiger charge is 2.13. The summed E-state index contributed by atoms with van der Waals surface area (Å²) in [5.41, 5.74) is 2.93. The molecule has 0 saturated carbocycles. The number of amides is 2. The van der Waals surface area contributed by atoms with Crippen LogP contribution in [0.15, 0.2) is 30.5 Å². The van der Waals surface area contributed by atoms with E-state index in [1.165, 1.54) is 0 Å². The number of hydrogen-bond donors (Lipinski definition) is 2. The Bertz CT molecular complexity index is 621. The van der Waals surface area contributed by atoms with E-state index >= 15 is 0 Å². The van der Waals surface area contributed by atoms with Crippen LogP contribution in [0, 0.1) is 6.92 Å². The van der Waals surface area contributed by atoms with Gasteiger partial charge in [-0.25, -0.2) is 4.79 Å². The van der Waals surface area contributed by atoms with Crippen LogP contribution in [0.3, 0.4) is 0 Å². The Hall–Kier alpha value is -2.01. The Balaban J connectivity index is 1.87. The highest BCUT2D eigenvalue weighted by Crippen LogP contribution is 2.15. The molecule has 1 atom stereocenters. The lowest BCUT2D eigenvalue weighted by atomic mass is 10.1. The molecule has 0 aliphatic heterocycles. The Labute approximate surface area is 129 Å². The lowest BCUT2D eigenvalue weighted by molar-refractivity contribution is 0.237. The maximum absolute atomic E-state index is 11.9. The molecule has 1 unspecified atom stereocenters. The highest BCUT2D eigenvalue weighted by atomic mass is 35.5. The molecule has 2 N–H and O–H groups in total. The Morgan fingerprint density at radius 2 is 2.05 bits per heavy atom. The van der Waals surface area contributed by atoms with Gasteiger partial charge in [-0.1, -0.05) is 23.7 Å². The summed E-state index contributed by atoms with van der Waals surface area (Å²) in [5.74, 6) is 0. The fraction of sp³-hybridized carbons (Fsp3) is 0.333. The minimum absolute atomic E-state index is 0.0936. The van der Waals surface area contributed by atoms with Gasteiger partial charge in [0, 0.05) is 30.4 Å². The molecular formula is C15H19ClN4O. The van der Waals surface area contributed by atoms with Crippen LogP contribution in [0.4, 0.5) is 4.79 Å². The van der Waals surface area contributed by atoms with Crippen LogP contribution < -0.4 is 10.6 Å². The number of nitrogens with zero attached hydrogens (tertiary/aromatic N) is 2. The third kappa shape index (κ3) is 4.23. The molecule has 0 spiro atoms. The van der Waals surface area contributed by atoms with Crippen LogP contribution in [-0.4, -0.2) is 15.8 Å². The highest BCUT2D eigenvalue weighted by molar-refractivity contribution is 6.30. The maximum Gasteiger partial charge on any atom is 0.315 e. The van der Waals surface area contributed by atoms with Crippen LogP contribution in [0.1, 0.15) is 29.8 Å². The monoisotopic (exact) mass is 306 g/mol. The van der Waals surface area contributed by atoms with Crippen molar-refractivity contribution in [1.82, 2.24) is 20.4 Å². The van der Waals surface area contributed by atoms with E-state index in [9.17, 15) is 4.79 Å². The minimum atomic E-state index is -0.208. The predicted octanol–water partition coefficient (Wildman–Crippen LogP) is 2.94. The molecule has 1 aromatic carbocycles. The number of carbonyl (C=O) groups is 1.